The molecule has 0 aliphatic rings. The molecule has 0 bridgehead atoms. The number of hydrogen-bond donors (Lipinski definition) is 0. The second-order valence-electron chi connectivity index (χ2n) is 4.58. The number of hydrogen-bond acceptors (Lipinski definition) is 6. The molecule has 1 unspecified atom stereocenters. The van der Waals surface area contributed by atoms with E-state index in [1.165, 1.54) is 0 Å². The molecular weight excluding hydrogens is 391 g/mol. The van der Waals surface area contributed by atoms with Gasteiger partial charge in [-0.2, -0.15) is 21.6 Å². The highest BCUT2D eigenvalue weighted by Gasteiger charge is 2.46. The Morgan fingerprint density at radius 2 is 1.83 bits per heavy atom. The van der Waals surface area contributed by atoms with E-state index in [2.05, 4.69) is 0 Å². The minimum absolute atomic E-state index is 0. The van der Waals surface area contributed by atoms with Gasteiger partial charge < -0.3 is 9.29 Å². The largest absolute Gasteiger partial charge is 0.763 e. The summed E-state index contributed by atoms with van der Waals surface area (Å²) in [6.45, 7) is 3.59. The molecule has 6 nitrogen and oxygen atoms in total. The Morgan fingerprint density at radius 3 is 2.29 bits per heavy atom. The standard InChI is InChI=1S/C11H16F3NO5S3.CH4/c1-8-7-10(9(2)21-8)3-4-20-5-6-22(16,17)15-23(18,19)11(12,13)14;/h7H,3-6H2,1-2H3,(H,15,16,17);1H4/p-1. The van der Waals surface area contributed by atoms with Crippen molar-refractivity contribution in [3.63, 3.8) is 0 Å². The van der Waals surface area contributed by atoms with Crippen molar-refractivity contribution in [2.75, 3.05) is 19.0 Å². The van der Waals surface area contributed by atoms with E-state index in [0.717, 1.165) is 15.3 Å². The second-order valence-corrected chi connectivity index (χ2v) is 9.62. The van der Waals surface area contributed by atoms with Crippen LogP contribution in [0, 0.1) is 13.8 Å². The number of ether oxygens (including phenoxy) is 1. The van der Waals surface area contributed by atoms with Crippen LogP contribution in [0.15, 0.2) is 9.83 Å². The van der Waals surface area contributed by atoms with Crippen LogP contribution in [0.5, 0.6) is 0 Å². The first-order valence-electron chi connectivity index (χ1n) is 6.26. The van der Waals surface area contributed by atoms with Crippen LogP contribution in [0.3, 0.4) is 0 Å². The van der Waals surface area contributed by atoms with E-state index < -0.39 is 37.9 Å². The highest BCUT2D eigenvalue weighted by atomic mass is 32.3. The Kier molecular flexibility index (Phi) is 8.36. The number of halogens is 3. The van der Waals surface area contributed by atoms with E-state index in [4.69, 9.17) is 4.74 Å². The van der Waals surface area contributed by atoms with E-state index in [1.807, 2.05) is 23.7 Å². The third kappa shape index (κ3) is 7.05. The van der Waals surface area contributed by atoms with Crippen molar-refractivity contribution in [1.82, 2.24) is 0 Å². The summed E-state index contributed by atoms with van der Waals surface area (Å²) in [5.74, 6) is -0.941. The minimum atomic E-state index is -6.06. The molecule has 0 amide bonds. The SMILES string of the molecule is C.Cc1cc(CCOCCS(=O)([O-])=NS(=O)(=O)C(F)(F)F)c(C)s1. The third-order valence-corrected chi connectivity index (χ3v) is 6.62. The zero-order valence-corrected chi connectivity index (χ0v) is 14.7. The summed E-state index contributed by atoms with van der Waals surface area (Å²) in [6.07, 6.45) is 0.522. The molecule has 1 aromatic rings. The fraction of sp³-hybridized carbons (Fsp3) is 0.667. The van der Waals surface area contributed by atoms with Gasteiger partial charge in [0.1, 0.15) is 0 Å². The molecule has 0 saturated carbocycles. The van der Waals surface area contributed by atoms with Gasteiger partial charge in [0.2, 0.25) is 0 Å². The molecule has 1 heterocycles. The maximum atomic E-state index is 12.1. The van der Waals surface area contributed by atoms with Crippen LogP contribution in [-0.2, 0) is 31.2 Å². The van der Waals surface area contributed by atoms with Gasteiger partial charge >= 0.3 is 15.5 Å². The van der Waals surface area contributed by atoms with E-state index in [0.29, 0.717) is 6.42 Å². The number of nitrogens with zero attached hydrogens (tertiary/aromatic N) is 1. The van der Waals surface area contributed by atoms with Gasteiger partial charge in [0.05, 0.1) is 13.2 Å². The molecule has 0 aliphatic carbocycles. The van der Waals surface area contributed by atoms with Gasteiger partial charge in [0, 0.05) is 25.5 Å². The van der Waals surface area contributed by atoms with Crippen LogP contribution in [0.25, 0.3) is 0 Å². The predicted molar refractivity (Wildman–Crippen MR) is 86.2 cm³/mol. The van der Waals surface area contributed by atoms with Crippen LogP contribution in [0.4, 0.5) is 13.2 Å². The van der Waals surface area contributed by atoms with Crippen LogP contribution in [-0.4, -0.2) is 41.7 Å². The van der Waals surface area contributed by atoms with E-state index in [1.54, 1.807) is 11.3 Å². The maximum Gasteiger partial charge on any atom is 0.519 e. The molecule has 0 spiro atoms. The minimum Gasteiger partial charge on any atom is -0.763 e. The molecule has 1 rings (SSSR count). The number of aryl methyl sites for hydroxylation is 2. The van der Waals surface area contributed by atoms with Crippen molar-refractivity contribution in [1.29, 1.82) is 0 Å². The van der Waals surface area contributed by atoms with Gasteiger partial charge in [-0.15, -0.1) is 15.1 Å². The quantitative estimate of drug-likeness (QED) is 0.644. The summed E-state index contributed by atoms with van der Waals surface area (Å²) in [5, 5.41) is 0. The smallest absolute Gasteiger partial charge is 0.519 e. The lowest BCUT2D eigenvalue weighted by atomic mass is 10.2. The third-order valence-electron chi connectivity index (χ3n) is 2.65. The summed E-state index contributed by atoms with van der Waals surface area (Å²) in [4.78, 5) is 2.22. The number of alkyl halides is 3. The molecule has 0 aliphatic heterocycles. The molecule has 0 aromatic carbocycles. The van der Waals surface area contributed by atoms with E-state index in [9.17, 15) is 30.4 Å². The zero-order valence-electron chi connectivity index (χ0n) is 12.3. The molecular formula is C12H19F3NO5S3-. The maximum absolute atomic E-state index is 12.1. The Morgan fingerprint density at radius 1 is 1.25 bits per heavy atom. The highest BCUT2D eigenvalue weighted by Crippen LogP contribution is 2.25. The molecule has 0 fully saturated rings. The number of rotatable bonds is 7. The highest BCUT2D eigenvalue weighted by molar-refractivity contribution is 8.01. The Hall–Kier alpha value is -0.690. The summed E-state index contributed by atoms with van der Waals surface area (Å²) < 4.78 is 87.0. The number of sulfonamides is 1. The summed E-state index contributed by atoms with van der Waals surface area (Å²) >= 11 is 1.61. The van der Waals surface area contributed by atoms with Gasteiger partial charge in [-0.05, 0) is 31.9 Å². The Labute approximate surface area is 144 Å². The van der Waals surface area contributed by atoms with Crippen molar-refractivity contribution in [2.24, 2.45) is 3.77 Å². The first-order valence-corrected chi connectivity index (χ1v) is 10.1. The second kappa shape index (κ2) is 8.61. The summed E-state index contributed by atoms with van der Waals surface area (Å²) in [6, 6.07) is 1.96. The molecule has 1 aromatic heterocycles. The zero-order chi connectivity index (χ0) is 17.9. The fourth-order valence-electron chi connectivity index (χ4n) is 1.61. The van der Waals surface area contributed by atoms with Crippen molar-refractivity contribution in [2.45, 2.75) is 33.2 Å². The van der Waals surface area contributed by atoms with Crippen molar-refractivity contribution in [3.8, 4) is 0 Å². The molecule has 0 N–H and O–H groups in total. The molecule has 24 heavy (non-hydrogen) atoms. The van der Waals surface area contributed by atoms with Gasteiger partial charge in [0.25, 0.3) is 0 Å². The Balaban J connectivity index is 0.00000529. The van der Waals surface area contributed by atoms with Crippen LogP contribution >= 0.6 is 11.3 Å². The molecule has 12 heteroatoms. The van der Waals surface area contributed by atoms with Crippen LogP contribution in [0.1, 0.15) is 22.7 Å². The normalized spacial score (nSPS) is 14.8. The molecule has 0 radical (unpaired) electrons. The Bertz CT molecular complexity index is 761. The van der Waals surface area contributed by atoms with Crippen molar-refractivity contribution in [3.05, 3.63) is 21.4 Å². The topological polar surface area (TPSA) is 95.9 Å². The van der Waals surface area contributed by atoms with Gasteiger partial charge in [-0.3, -0.25) is 4.21 Å². The lowest BCUT2D eigenvalue weighted by molar-refractivity contribution is -0.0435. The van der Waals surface area contributed by atoms with Crippen molar-refractivity contribution < 1.29 is 35.1 Å². The first kappa shape index (κ1) is 23.3. The monoisotopic (exact) mass is 410 g/mol. The average molecular weight is 410 g/mol. The fourth-order valence-corrected chi connectivity index (χ4v) is 4.75. The van der Waals surface area contributed by atoms with Gasteiger partial charge in [-0.25, -0.2) is 0 Å². The van der Waals surface area contributed by atoms with Crippen LogP contribution < -0.4 is 0 Å². The van der Waals surface area contributed by atoms with Gasteiger partial charge in [-0.1, -0.05) is 7.43 Å². The molecule has 0 saturated heterocycles. The molecule has 1 atom stereocenters. The summed E-state index contributed by atoms with van der Waals surface area (Å²) in [5.41, 5.74) is -4.70. The van der Waals surface area contributed by atoms with Gasteiger partial charge in [0.15, 0.2) is 0 Å². The van der Waals surface area contributed by atoms with Crippen LogP contribution in [0.2, 0.25) is 0 Å². The first-order chi connectivity index (χ1) is 10.3. The van der Waals surface area contributed by atoms with E-state index >= 15 is 0 Å². The predicted octanol–water partition coefficient (Wildman–Crippen LogP) is 3.01. The van der Waals surface area contributed by atoms with Crippen molar-refractivity contribution >= 4 is 31.4 Å². The molecule has 142 valence electrons. The van der Waals surface area contributed by atoms with E-state index in [-0.39, 0.29) is 14.0 Å². The average Bonchev–Trinajstić information content (AvgIpc) is 2.64. The number of thiophene rings is 1. The summed E-state index contributed by atoms with van der Waals surface area (Å²) in [7, 11) is -10.8. The lowest BCUT2D eigenvalue weighted by Crippen LogP contribution is -2.23. The lowest BCUT2D eigenvalue weighted by Gasteiger charge is -2.14.